The molecule has 0 unspecified atom stereocenters. The Morgan fingerprint density at radius 2 is 1.90 bits per heavy atom. The molecule has 1 aliphatic rings. The van der Waals surface area contributed by atoms with E-state index in [2.05, 4.69) is 29.1 Å². The molecule has 0 N–H and O–H groups in total. The number of thiazole rings is 1. The first-order valence-corrected chi connectivity index (χ1v) is 8.06. The molecule has 1 aliphatic heterocycles. The molecule has 0 saturated carbocycles. The van der Waals surface area contributed by atoms with E-state index in [1.165, 1.54) is 5.56 Å². The highest BCUT2D eigenvalue weighted by molar-refractivity contribution is 7.09. The van der Waals surface area contributed by atoms with Crippen LogP contribution in [0.1, 0.15) is 21.1 Å². The molecule has 1 aromatic heterocycles. The fourth-order valence-corrected chi connectivity index (χ4v) is 3.23. The monoisotopic (exact) mass is 301 g/mol. The summed E-state index contributed by atoms with van der Waals surface area (Å²) in [6.45, 7) is 3.46. The zero-order chi connectivity index (χ0) is 14.7. The molecule has 2 aromatic rings. The summed E-state index contributed by atoms with van der Waals surface area (Å²) in [7, 11) is 2.09. The summed E-state index contributed by atoms with van der Waals surface area (Å²) in [5.74, 6) is 0.0682. The molecule has 1 amide bonds. The van der Waals surface area contributed by atoms with Gasteiger partial charge < -0.3 is 9.80 Å². The number of piperazine rings is 1. The van der Waals surface area contributed by atoms with Crippen LogP contribution in [-0.2, 0) is 6.42 Å². The van der Waals surface area contributed by atoms with Gasteiger partial charge in [-0.15, -0.1) is 11.3 Å². The highest BCUT2D eigenvalue weighted by Crippen LogP contribution is 2.16. The molecule has 0 spiro atoms. The minimum absolute atomic E-state index is 0.0682. The predicted octanol–water partition coefficient (Wildman–Crippen LogP) is 2.12. The van der Waals surface area contributed by atoms with E-state index < -0.39 is 0 Å². The van der Waals surface area contributed by atoms with E-state index in [-0.39, 0.29) is 5.91 Å². The number of hydrogen-bond donors (Lipinski definition) is 0. The largest absolute Gasteiger partial charge is 0.335 e. The van der Waals surface area contributed by atoms with Crippen LogP contribution in [0.3, 0.4) is 0 Å². The summed E-state index contributed by atoms with van der Waals surface area (Å²) >= 11 is 1.57. The third-order valence-electron chi connectivity index (χ3n) is 3.76. The molecule has 1 aromatic carbocycles. The SMILES string of the molecule is CN1CCN(C(=O)c2csc(Cc3ccccc3)n2)CC1. The molecule has 0 radical (unpaired) electrons. The number of amides is 1. The van der Waals surface area contributed by atoms with Gasteiger partial charge in [0, 0.05) is 38.0 Å². The van der Waals surface area contributed by atoms with Crippen molar-refractivity contribution in [3.63, 3.8) is 0 Å². The number of rotatable bonds is 3. The fraction of sp³-hybridized carbons (Fsp3) is 0.375. The summed E-state index contributed by atoms with van der Waals surface area (Å²) in [5.41, 5.74) is 1.82. The Morgan fingerprint density at radius 3 is 2.62 bits per heavy atom. The Balaban J connectivity index is 1.66. The van der Waals surface area contributed by atoms with Crippen molar-refractivity contribution >= 4 is 17.2 Å². The normalized spacial score (nSPS) is 16.1. The summed E-state index contributed by atoms with van der Waals surface area (Å²) in [5, 5.41) is 2.89. The Hall–Kier alpha value is -1.72. The Morgan fingerprint density at radius 1 is 1.19 bits per heavy atom. The zero-order valence-corrected chi connectivity index (χ0v) is 13.0. The fourth-order valence-electron chi connectivity index (χ4n) is 2.43. The molecular formula is C16H19N3OS. The number of carbonyl (C=O) groups is 1. The van der Waals surface area contributed by atoms with Gasteiger partial charge in [0.05, 0.1) is 5.01 Å². The maximum atomic E-state index is 12.4. The van der Waals surface area contributed by atoms with Crippen LogP contribution < -0.4 is 0 Å². The van der Waals surface area contributed by atoms with Crippen molar-refractivity contribution in [1.82, 2.24) is 14.8 Å². The summed E-state index contributed by atoms with van der Waals surface area (Å²) in [6.07, 6.45) is 0.793. The quantitative estimate of drug-likeness (QED) is 0.871. The van der Waals surface area contributed by atoms with Gasteiger partial charge in [-0.25, -0.2) is 4.98 Å². The minimum atomic E-state index is 0.0682. The highest BCUT2D eigenvalue weighted by Gasteiger charge is 2.22. The van der Waals surface area contributed by atoms with Crippen LogP contribution in [0.2, 0.25) is 0 Å². The molecule has 2 heterocycles. The lowest BCUT2D eigenvalue weighted by molar-refractivity contribution is 0.0659. The summed E-state index contributed by atoms with van der Waals surface area (Å²) in [6, 6.07) is 10.2. The van der Waals surface area contributed by atoms with Gasteiger partial charge in [-0.3, -0.25) is 4.79 Å². The van der Waals surface area contributed by atoms with Crippen LogP contribution in [0.4, 0.5) is 0 Å². The van der Waals surface area contributed by atoms with Gasteiger partial charge in [0.15, 0.2) is 0 Å². The van der Waals surface area contributed by atoms with Crippen molar-refractivity contribution in [2.24, 2.45) is 0 Å². The first kappa shape index (κ1) is 14.2. The van der Waals surface area contributed by atoms with Gasteiger partial charge >= 0.3 is 0 Å². The smallest absolute Gasteiger partial charge is 0.273 e. The molecule has 3 rings (SSSR count). The molecule has 21 heavy (non-hydrogen) atoms. The van der Waals surface area contributed by atoms with Gasteiger partial charge in [-0.05, 0) is 12.6 Å². The average molecular weight is 301 g/mol. The Kier molecular flexibility index (Phi) is 4.31. The molecule has 0 atom stereocenters. The van der Waals surface area contributed by atoms with E-state index in [9.17, 15) is 4.79 Å². The van der Waals surface area contributed by atoms with Gasteiger partial charge in [0.1, 0.15) is 5.69 Å². The number of benzene rings is 1. The molecule has 4 nitrogen and oxygen atoms in total. The second-order valence-corrected chi connectivity index (χ2v) is 6.33. The van der Waals surface area contributed by atoms with E-state index in [0.717, 1.165) is 37.6 Å². The van der Waals surface area contributed by atoms with Crippen LogP contribution in [0, 0.1) is 0 Å². The second kappa shape index (κ2) is 6.37. The molecule has 0 bridgehead atoms. The maximum absolute atomic E-state index is 12.4. The lowest BCUT2D eigenvalue weighted by Crippen LogP contribution is -2.47. The standard InChI is InChI=1S/C16H19N3OS/c1-18-7-9-19(10-8-18)16(20)14-12-21-15(17-14)11-13-5-3-2-4-6-13/h2-6,12H,7-11H2,1H3. The lowest BCUT2D eigenvalue weighted by atomic mass is 10.2. The van der Waals surface area contributed by atoms with E-state index in [1.807, 2.05) is 28.5 Å². The first-order valence-electron chi connectivity index (χ1n) is 7.18. The Labute approximate surface area is 129 Å². The van der Waals surface area contributed by atoms with E-state index in [1.54, 1.807) is 11.3 Å². The average Bonchev–Trinajstić information content (AvgIpc) is 2.97. The number of likely N-dealkylation sites (N-methyl/N-ethyl adjacent to an activating group) is 1. The summed E-state index contributed by atoms with van der Waals surface area (Å²) in [4.78, 5) is 21.1. The van der Waals surface area contributed by atoms with Crippen molar-refractivity contribution in [1.29, 1.82) is 0 Å². The molecular weight excluding hydrogens is 282 g/mol. The molecule has 1 fully saturated rings. The van der Waals surface area contributed by atoms with Crippen molar-refractivity contribution in [2.45, 2.75) is 6.42 Å². The van der Waals surface area contributed by atoms with Gasteiger partial charge in [-0.2, -0.15) is 0 Å². The predicted molar refractivity (Wildman–Crippen MR) is 84.8 cm³/mol. The van der Waals surface area contributed by atoms with E-state index in [4.69, 9.17) is 0 Å². The number of aromatic nitrogens is 1. The molecule has 0 aliphatic carbocycles. The molecule has 1 saturated heterocycles. The molecule has 110 valence electrons. The third kappa shape index (κ3) is 3.49. The molecule has 5 heteroatoms. The van der Waals surface area contributed by atoms with Crippen LogP contribution in [0.15, 0.2) is 35.7 Å². The zero-order valence-electron chi connectivity index (χ0n) is 12.2. The van der Waals surface area contributed by atoms with Crippen LogP contribution in [0.25, 0.3) is 0 Å². The van der Waals surface area contributed by atoms with Crippen LogP contribution in [0.5, 0.6) is 0 Å². The van der Waals surface area contributed by atoms with E-state index >= 15 is 0 Å². The van der Waals surface area contributed by atoms with Crippen molar-refractivity contribution in [3.05, 3.63) is 52.0 Å². The van der Waals surface area contributed by atoms with Crippen LogP contribution >= 0.6 is 11.3 Å². The second-order valence-electron chi connectivity index (χ2n) is 5.38. The first-order chi connectivity index (χ1) is 10.2. The van der Waals surface area contributed by atoms with Crippen molar-refractivity contribution in [2.75, 3.05) is 33.2 Å². The Bertz CT molecular complexity index is 603. The van der Waals surface area contributed by atoms with Crippen molar-refractivity contribution in [3.8, 4) is 0 Å². The minimum Gasteiger partial charge on any atom is -0.335 e. The summed E-state index contributed by atoms with van der Waals surface area (Å²) < 4.78 is 0. The third-order valence-corrected chi connectivity index (χ3v) is 4.61. The number of carbonyl (C=O) groups excluding carboxylic acids is 1. The van der Waals surface area contributed by atoms with Gasteiger partial charge in [0.25, 0.3) is 5.91 Å². The topological polar surface area (TPSA) is 36.4 Å². The number of nitrogens with zero attached hydrogens (tertiary/aromatic N) is 3. The number of hydrogen-bond acceptors (Lipinski definition) is 4. The van der Waals surface area contributed by atoms with E-state index in [0.29, 0.717) is 5.69 Å². The lowest BCUT2D eigenvalue weighted by Gasteiger charge is -2.31. The van der Waals surface area contributed by atoms with Crippen LogP contribution in [-0.4, -0.2) is 53.9 Å². The maximum Gasteiger partial charge on any atom is 0.273 e. The van der Waals surface area contributed by atoms with Gasteiger partial charge in [0.2, 0.25) is 0 Å². The highest BCUT2D eigenvalue weighted by atomic mass is 32.1. The van der Waals surface area contributed by atoms with Gasteiger partial charge in [-0.1, -0.05) is 30.3 Å². The van der Waals surface area contributed by atoms with Crippen molar-refractivity contribution < 1.29 is 4.79 Å².